The Hall–Kier alpha value is -1.14. The first-order valence-electron chi connectivity index (χ1n) is 5.36. The van der Waals surface area contributed by atoms with Crippen LogP contribution in [0.2, 0.25) is 0 Å². The number of aliphatic carboxylic acids is 1. The molecule has 0 spiro atoms. The molecule has 0 aromatic rings. The van der Waals surface area contributed by atoms with Crippen LogP contribution in [0.25, 0.3) is 0 Å². The van der Waals surface area contributed by atoms with Crippen molar-refractivity contribution in [3.05, 3.63) is 0 Å². The minimum atomic E-state index is -1.41. The molecule has 1 heterocycles. The average Bonchev–Trinajstić information content (AvgIpc) is 2.15. The first kappa shape index (κ1) is 12.9. The lowest BCUT2D eigenvalue weighted by molar-refractivity contribution is -0.158. The van der Waals surface area contributed by atoms with Gasteiger partial charge >= 0.3 is 11.9 Å². The molecule has 0 radical (unpaired) electrons. The zero-order valence-electron chi connectivity index (χ0n) is 9.59. The summed E-state index contributed by atoms with van der Waals surface area (Å²) in [6, 6.07) is -0.129. The van der Waals surface area contributed by atoms with Gasteiger partial charge < -0.3 is 15.1 Å². The van der Waals surface area contributed by atoms with E-state index in [4.69, 9.17) is 5.11 Å². The van der Waals surface area contributed by atoms with Gasteiger partial charge in [-0.25, -0.2) is 4.79 Å². The normalized spacial score (nSPS) is 24.2. The Balaban J connectivity index is 2.52. The number of carbonyl (C=O) groups is 2. The Morgan fingerprint density at radius 3 is 2.50 bits per heavy atom. The van der Waals surface area contributed by atoms with Crippen LogP contribution in [0.4, 0.5) is 0 Å². The van der Waals surface area contributed by atoms with Crippen LogP contribution in [0.15, 0.2) is 0 Å². The molecular weight excluding hydrogens is 212 g/mol. The molecular formula is C10H18N2O4. The van der Waals surface area contributed by atoms with Gasteiger partial charge in [0.1, 0.15) is 0 Å². The summed E-state index contributed by atoms with van der Waals surface area (Å²) in [5.74, 6) is -2.25. The summed E-state index contributed by atoms with van der Waals surface area (Å²) >= 11 is 0. The van der Waals surface area contributed by atoms with Crippen molar-refractivity contribution in [1.82, 2.24) is 9.80 Å². The smallest absolute Gasteiger partial charge is 0.394 e. The molecule has 0 unspecified atom stereocenters. The van der Waals surface area contributed by atoms with Crippen molar-refractivity contribution in [3.8, 4) is 0 Å². The number of carbonyl (C=O) groups excluding carboxylic acids is 1. The van der Waals surface area contributed by atoms with Gasteiger partial charge in [-0.05, 0) is 13.8 Å². The number of carboxylic acids is 1. The van der Waals surface area contributed by atoms with E-state index in [-0.39, 0.29) is 6.04 Å². The second kappa shape index (κ2) is 5.27. The number of hydrogen-bond donors (Lipinski definition) is 2. The summed E-state index contributed by atoms with van der Waals surface area (Å²) in [6.07, 6.45) is -0.408. The number of amides is 1. The summed E-state index contributed by atoms with van der Waals surface area (Å²) in [5, 5.41) is 17.9. The van der Waals surface area contributed by atoms with Crippen molar-refractivity contribution < 1.29 is 19.8 Å². The summed E-state index contributed by atoms with van der Waals surface area (Å²) < 4.78 is 0. The Morgan fingerprint density at radius 2 is 2.06 bits per heavy atom. The van der Waals surface area contributed by atoms with Gasteiger partial charge in [-0.1, -0.05) is 0 Å². The van der Waals surface area contributed by atoms with E-state index in [1.807, 2.05) is 11.8 Å². The third-order valence-electron chi connectivity index (χ3n) is 2.68. The van der Waals surface area contributed by atoms with Crippen molar-refractivity contribution in [1.29, 1.82) is 0 Å². The Labute approximate surface area is 94.4 Å². The minimum absolute atomic E-state index is 0.129. The van der Waals surface area contributed by atoms with Crippen LogP contribution in [-0.2, 0) is 9.59 Å². The van der Waals surface area contributed by atoms with Crippen molar-refractivity contribution in [2.75, 3.05) is 26.2 Å². The van der Waals surface area contributed by atoms with E-state index < -0.39 is 18.0 Å². The fourth-order valence-corrected chi connectivity index (χ4v) is 2.00. The fraction of sp³-hybridized carbons (Fsp3) is 0.800. The Bertz CT molecular complexity index is 280. The highest BCUT2D eigenvalue weighted by Crippen LogP contribution is 2.10. The van der Waals surface area contributed by atoms with Gasteiger partial charge in [0, 0.05) is 32.2 Å². The number of aliphatic hydroxyl groups is 1. The summed E-state index contributed by atoms with van der Waals surface area (Å²) in [6.45, 7) is 5.69. The second-order valence-corrected chi connectivity index (χ2v) is 4.26. The molecule has 2 atom stereocenters. The predicted molar refractivity (Wildman–Crippen MR) is 56.9 cm³/mol. The van der Waals surface area contributed by atoms with Crippen LogP contribution in [-0.4, -0.2) is 70.2 Å². The average molecular weight is 230 g/mol. The van der Waals surface area contributed by atoms with E-state index >= 15 is 0 Å². The molecule has 6 heteroatoms. The lowest BCUT2D eigenvalue weighted by Crippen LogP contribution is -2.56. The molecule has 1 fully saturated rings. The van der Waals surface area contributed by atoms with E-state index in [0.717, 1.165) is 0 Å². The third-order valence-corrected chi connectivity index (χ3v) is 2.68. The lowest BCUT2D eigenvalue weighted by Gasteiger charge is -2.39. The van der Waals surface area contributed by atoms with Gasteiger partial charge in [-0.3, -0.25) is 9.69 Å². The lowest BCUT2D eigenvalue weighted by atomic mass is 10.1. The molecule has 6 nitrogen and oxygen atoms in total. The molecule has 1 aliphatic rings. The van der Waals surface area contributed by atoms with Crippen molar-refractivity contribution in [3.63, 3.8) is 0 Å². The van der Waals surface area contributed by atoms with Crippen LogP contribution in [0.1, 0.15) is 13.8 Å². The summed E-state index contributed by atoms with van der Waals surface area (Å²) in [5.41, 5.74) is 0. The van der Waals surface area contributed by atoms with Gasteiger partial charge in [0.05, 0.1) is 6.10 Å². The molecule has 1 amide bonds. The number of hydrogen-bond acceptors (Lipinski definition) is 4. The van der Waals surface area contributed by atoms with Crippen molar-refractivity contribution in [2.45, 2.75) is 26.0 Å². The maximum atomic E-state index is 11.3. The Morgan fingerprint density at radius 1 is 1.44 bits per heavy atom. The first-order valence-corrected chi connectivity index (χ1v) is 5.36. The highest BCUT2D eigenvalue weighted by molar-refractivity contribution is 6.31. The maximum absolute atomic E-state index is 11.3. The Kier molecular flexibility index (Phi) is 4.26. The number of rotatable bonds is 2. The molecule has 1 saturated heterocycles. The molecule has 0 aromatic carbocycles. The highest BCUT2D eigenvalue weighted by Gasteiger charge is 2.30. The number of β-amino-alcohol motifs (C(OH)–C–C–N with tert-alkyl or cyclic N) is 1. The first-order chi connectivity index (χ1) is 7.41. The summed E-state index contributed by atoms with van der Waals surface area (Å²) in [7, 11) is 0. The van der Waals surface area contributed by atoms with E-state index in [2.05, 4.69) is 0 Å². The molecule has 0 aliphatic carbocycles. The van der Waals surface area contributed by atoms with E-state index in [1.165, 1.54) is 4.90 Å². The molecule has 0 bridgehead atoms. The number of carboxylic acid groups (broad SMARTS) is 1. The quantitative estimate of drug-likeness (QED) is 0.594. The van der Waals surface area contributed by atoms with Gasteiger partial charge in [0.15, 0.2) is 0 Å². The molecule has 92 valence electrons. The van der Waals surface area contributed by atoms with Crippen molar-refractivity contribution in [2.24, 2.45) is 0 Å². The van der Waals surface area contributed by atoms with Gasteiger partial charge in [0.2, 0.25) is 0 Å². The van der Waals surface area contributed by atoms with Crippen molar-refractivity contribution >= 4 is 11.9 Å². The van der Waals surface area contributed by atoms with Crippen LogP contribution < -0.4 is 0 Å². The molecule has 0 saturated carbocycles. The van der Waals surface area contributed by atoms with E-state index in [0.29, 0.717) is 26.2 Å². The number of nitrogens with zero attached hydrogens (tertiary/aromatic N) is 2. The number of aliphatic hydroxyl groups excluding tert-OH is 1. The SMILES string of the molecule is C[C@H](O)CN1CCN(C(=O)C(=O)O)[C@@H](C)C1. The van der Waals surface area contributed by atoms with Crippen LogP contribution in [0.3, 0.4) is 0 Å². The molecule has 1 rings (SSSR count). The minimum Gasteiger partial charge on any atom is -0.474 e. The largest absolute Gasteiger partial charge is 0.474 e. The van der Waals surface area contributed by atoms with E-state index in [1.54, 1.807) is 6.92 Å². The van der Waals surface area contributed by atoms with Crippen LogP contribution >= 0.6 is 0 Å². The highest BCUT2D eigenvalue weighted by atomic mass is 16.4. The number of piperazine rings is 1. The van der Waals surface area contributed by atoms with Gasteiger partial charge in [0.25, 0.3) is 0 Å². The van der Waals surface area contributed by atoms with Gasteiger partial charge in [-0.2, -0.15) is 0 Å². The zero-order chi connectivity index (χ0) is 12.3. The predicted octanol–water partition coefficient (Wildman–Crippen LogP) is -1.02. The van der Waals surface area contributed by atoms with E-state index in [9.17, 15) is 14.7 Å². The third kappa shape index (κ3) is 3.18. The monoisotopic (exact) mass is 230 g/mol. The maximum Gasteiger partial charge on any atom is 0.394 e. The zero-order valence-corrected chi connectivity index (χ0v) is 9.59. The molecule has 16 heavy (non-hydrogen) atoms. The topological polar surface area (TPSA) is 81.1 Å². The summed E-state index contributed by atoms with van der Waals surface area (Å²) in [4.78, 5) is 25.2. The molecule has 2 N–H and O–H groups in total. The molecule has 0 aromatic heterocycles. The standard InChI is InChI=1S/C10H18N2O4/c1-7-5-11(6-8(2)13)3-4-12(7)9(14)10(15)16/h7-8,13H,3-6H2,1-2H3,(H,15,16)/t7-,8-/m0/s1. The van der Waals surface area contributed by atoms with Crippen LogP contribution in [0, 0.1) is 0 Å². The van der Waals surface area contributed by atoms with Crippen LogP contribution in [0.5, 0.6) is 0 Å². The fourth-order valence-electron chi connectivity index (χ4n) is 2.00. The van der Waals surface area contributed by atoms with Gasteiger partial charge in [-0.15, -0.1) is 0 Å². The second-order valence-electron chi connectivity index (χ2n) is 4.26. The molecule has 1 aliphatic heterocycles.